The molecule has 0 saturated heterocycles. The summed E-state index contributed by atoms with van der Waals surface area (Å²) < 4.78 is 4.55. The molecule has 0 amide bonds. The number of carbonyl (C=O) groups excluding carboxylic acids is 1. The monoisotopic (exact) mass is 219 g/mol. The molecule has 0 heterocycles. The lowest BCUT2D eigenvalue weighted by molar-refractivity contribution is -0.142. The van der Waals surface area contributed by atoms with E-state index in [4.69, 9.17) is 5.73 Å². The fraction of sp³-hybridized carbons (Fsp3) is 0.900. The molecule has 0 radical (unpaired) electrons. The molecule has 0 aliphatic rings. The minimum atomic E-state index is -0.457. The number of nitrogens with two attached hydrogens (primary N) is 1. The summed E-state index contributed by atoms with van der Waals surface area (Å²) >= 11 is 1.89. The van der Waals surface area contributed by atoms with Crippen molar-refractivity contribution in [2.75, 3.05) is 12.9 Å². The first-order valence-electron chi connectivity index (χ1n) is 5.10. The first kappa shape index (κ1) is 13.8. The van der Waals surface area contributed by atoms with Crippen LogP contribution >= 0.6 is 11.8 Å². The molecule has 0 fully saturated rings. The Morgan fingerprint density at radius 2 is 2.00 bits per heavy atom. The van der Waals surface area contributed by atoms with Crippen molar-refractivity contribution in [2.24, 2.45) is 5.73 Å². The van der Waals surface area contributed by atoms with Crippen molar-refractivity contribution < 1.29 is 9.53 Å². The number of rotatable bonds is 7. The topological polar surface area (TPSA) is 52.3 Å². The molecule has 84 valence electrons. The summed E-state index contributed by atoms with van der Waals surface area (Å²) in [6.45, 7) is 4.36. The van der Waals surface area contributed by atoms with Gasteiger partial charge in [0.15, 0.2) is 0 Å². The number of ether oxygens (including phenoxy) is 1. The summed E-state index contributed by atoms with van der Waals surface area (Å²) in [5, 5.41) is 0.694. The summed E-state index contributed by atoms with van der Waals surface area (Å²) in [6.07, 6.45) is 3.05. The average molecular weight is 219 g/mol. The third-order valence-corrected chi connectivity index (χ3v) is 3.81. The molecule has 1 unspecified atom stereocenters. The van der Waals surface area contributed by atoms with Crippen LogP contribution in [-0.4, -0.2) is 30.1 Å². The Morgan fingerprint density at radius 3 is 2.43 bits per heavy atom. The highest BCUT2D eigenvalue weighted by atomic mass is 32.2. The van der Waals surface area contributed by atoms with Gasteiger partial charge in [-0.3, -0.25) is 4.79 Å². The van der Waals surface area contributed by atoms with Crippen LogP contribution < -0.4 is 5.73 Å². The van der Waals surface area contributed by atoms with Gasteiger partial charge >= 0.3 is 5.97 Å². The fourth-order valence-corrected chi connectivity index (χ4v) is 2.35. The van der Waals surface area contributed by atoms with Crippen LogP contribution in [0, 0.1) is 0 Å². The minimum absolute atomic E-state index is 0.310. The average Bonchev–Trinajstić information content (AvgIpc) is 2.22. The Balaban J connectivity index is 3.57. The van der Waals surface area contributed by atoms with Crippen molar-refractivity contribution in [3.63, 3.8) is 0 Å². The van der Waals surface area contributed by atoms with Crippen molar-refractivity contribution >= 4 is 17.7 Å². The van der Waals surface area contributed by atoms with Gasteiger partial charge in [-0.1, -0.05) is 13.8 Å². The van der Waals surface area contributed by atoms with E-state index in [0.29, 0.717) is 11.7 Å². The predicted octanol–water partition coefficient (Wildman–Crippen LogP) is 1.80. The van der Waals surface area contributed by atoms with Crippen LogP contribution in [0.1, 0.15) is 33.1 Å². The molecule has 14 heavy (non-hydrogen) atoms. The van der Waals surface area contributed by atoms with E-state index < -0.39 is 6.04 Å². The largest absolute Gasteiger partial charge is 0.468 e. The summed E-state index contributed by atoms with van der Waals surface area (Å²) in [6, 6.07) is -0.457. The second-order valence-corrected chi connectivity index (χ2v) is 4.64. The van der Waals surface area contributed by atoms with Crippen LogP contribution in [0.15, 0.2) is 0 Å². The van der Waals surface area contributed by atoms with Crippen LogP contribution in [0.5, 0.6) is 0 Å². The Morgan fingerprint density at radius 1 is 1.43 bits per heavy atom. The maximum atomic E-state index is 11.0. The normalized spacial score (nSPS) is 12.9. The number of thioether (sulfide) groups is 1. The molecule has 0 aromatic carbocycles. The Bertz CT molecular complexity index is 160. The summed E-state index contributed by atoms with van der Waals surface area (Å²) in [7, 11) is 1.37. The molecule has 0 saturated carbocycles. The van der Waals surface area contributed by atoms with Crippen LogP contribution in [0.25, 0.3) is 0 Å². The van der Waals surface area contributed by atoms with Gasteiger partial charge < -0.3 is 10.5 Å². The van der Waals surface area contributed by atoms with Crippen molar-refractivity contribution in [1.82, 2.24) is 0 Å². The maximum absolute atomic E-state index is 11.0. The Labute approximate surface area is 90.8 Å². The number of methoxy groups -OCH3 is 1. The first-order chi connectivity index (χ1) is 6.65. The van der Waals surface area contributed by atoms with Gasteiger partial charge in [-0.25, -0.2) is 0 Å². The molecule has 0 aromatic heterocycles. The van der Waals surface area contributed by atoms with Crippen molar-refractivity contribution in [1.29, 1.82) is 0 Å². The van der Waals surface area contributed by atoms with E-state index in [1.807, 2.05) is 11.8 Å². The standard InChI is InChI=1S/C10H21NO2S/c1-4-8(5-2)14-7-6-9(11)10(12)13-3/h8-9H,4-7,11H2,1-3H3. The smallest absolute Gasteiger partial charge is 0.322 e. The molecule has 0 aliphatic heterocycles. The van der Waals surface area contributed by atoms with E-state index >= 15 is 0 Å². The summed E-state index contributed by atoms with van der Waals surface area (Å²) in [5.74, 6) is 0.623. The molecule has 0 spiro atoms. The quantitative estimate of drug-likeness (QED) is 0.663. The van der Waals surface area contributed by atoms with Gasteiger partial charge in [0.1, 0.15) is 6.04 Å². The Kier molecular flexibility index (Phi) is 7.99. The van der Waals surface area contributed by atoms with Gasteiger partial charge in [0.2, 0.25) is 0 Å². The van der Waals surface area contributed by atoms with Gasteiger partial charge in [0.05, 0.1) is 7.11 Å². The molecule has 0 bridgehead atoms. The second kappa shape index (κ2) is 8.12. The number of carbonyl (C=O) groups is 1. The molecular formula is C10H21NO2S. The van der Waals surface area contributed by atoms with E-state index in [-0.39, 0.29) is 5.97 Å². The van der Waals surface area contributed by atoms with E-state index in [1.165, 1.54) is 20.0 Å². The fourth-order valence-electron chi connectivity index (χ4n) is 1.16. The zero-order valence-electron chi connectivity index (χ0n) is 9.29. The van der Waals surface area contributed by atoms with Gasteiger partial charge in [0.25, 0.3) is 0 Å². The van der Waals surface area contributed by atoms with Crippen molar-refractivity contribution in [2.45, 2.75) is 44.4 Å². The minimum Gasteiger partial charge on any atom is -0.468 e. The summed E-state index contributed by atoms with van der Waals surface area (Å²) in [5.41, 5.74) is 5.61. The van der Waals surface area contributed by atoms with Gasteiger partial charge in [-0.15, -0.1) is 0 Å². The van der Waals surface area contributed by atoms with Gasteiger partial charge in [-0.2, -0.15) is 11.8 Å². The predicted molar refractivity (Wildman–Crippen MR) is 61.4 cm³/mol. The zero-order chi connectivity index (χ0) is 11.0. The van der Waals surface area contributed by atoms with Crippen LogP contribution in [-0.2, 0) is 9.53 Å². The lowest BCUT2D eigenvalue weighted by atomic mass is 10.2. The van der Waals surface area contributed by atoms with Crippen molar-refractivity contribution in [3.05, 3.63) is 0 Å². The van der Waals surface area contributed by atoms with E-state index in [2.05, 4.69) is 18.6 Å². The maximum Gasteiger partial charge on any atom is 0.322 e. The molecule has 4 heteroatoms. The third kappa shape index (κ3) is 5.50. The highest BCUT2D eigenvalue weighted by Gasteiger charge is 2.13. The molecule has 0 rings (SSSR count). The lowest BCUT2D eigenvalue weighted by Gasteiger charge is -2.13. The van der Waals surface area contributed by atoms with Crippen molar-refractivity contribution in [3.8, 4) is 0 Å². The van der Waals surface area contributed by atoms with E-state index in [9.17, 15) is 4.79 Å². The number of esters is 1. The van der Waals surface area contributed by atoms with Crippen LogP contribution in [0.3, 0.4) is 0 Å². The molecule has 3 nitrogen and oxygen atoms in total. The third-order valence-electron chi connectivity index (χ3n) is 2.20. The van der Waals surface area contributed by atoms with Gasteiger partial charge in [-0.05, 0) is 25.0 Å². The zero-order valence-corrected chi connectivity index (χ0v) is 10.1. The Hall–Kier alpha value is -0.220. The number of hydrogen-bond acceptors (Lipinski definition) is 4. The van der Waals surface area contributed by atoms with E-state index in [1.54, 1.807) is 0 Å². The molecule has 0 aliphatic carbocycles. The molecule has 0 aromatic rings. The molecule has 1 atom stereocenters. The first-order valence-corrected chi connectivity index (χ1v) is 6.15. The SMILES string of the molecule is CCC(CC)SCCC(N)C(=O)OC. The molecular weight excluding hydrogens is 198 g/mol. The van der Waals surface area contributed by atoms with Gasteiger partial charge in [0, 0.05) is 5.25 Å². The highest BCUT2D eigenvalue weighted by molar-refractivity contribution is 7.99. The number of hydrogen-bond donors (Lipinski definition) is 1. The van der Waals surface area contributed by atoms with E-state index in [0.717, 1.165) is 5.75 Å². The van der Waals surface area contributed by atoms with Crippen LogP contribution in [0.4, 0.5) is 0 Å². The highest BCUT2D eigenvalue weighted by Crippen LogP contribution is 2.18. The second-order valence-electron chi connectivity index (χ2n) is 3.23. The van der Waals surface area contributed by atoms with Crippen LogP contribution in [0.2, 0.25) is 0 Å². The summed E-state index contributed by atoms with van der Waals surface area (Å²) in [4.78, 5) is 11.0. The molecule has 2 N–H and O–H groups in total. The lowest BCUT2D eigenvalue weighted by Crippen LogP contribution is -2.32.